The van der Waals surface area contributed by atoms with E-state index >= 15 is 0 Å². The van der Waals surface area contributed by atoms with E-state index in [1.807, 2.05) is 17.8 Å². The van der Waals surface area contributed by atoms with Crippen LogP contribution in [0.4, 0.5) is 0 Å². The summed E-state index contributed by atoms with van der Waals surface area (Å²) in [6, 6.07) is 8.66. The van der Waals surface area contributed by atoms with Gasteiger partial charge in [-0.2, -0.15) is 11.8 Å². The number of nitrogens with two attached hydrogens (primary N) is 1. The van der Waals surface area contributed by atoms with Gasteiger partial charge in [0, 0.05) is 29.5 Å². The van der Waals surface area contributed by atoms with Gasteiger partial charge in [0.15, 0.2) is 0 Å². The SMILES string of the molecule is Cc1ccc2oc(C(N)C3CSCCN3C)cc2c1. The molecule has 0 spiro atoms. The number of fused-ring (bicyclic) bond motifs is 1. The van der Waals surface area contributed by atoms with Gasteiger partial charge in [-0.05, 0) is 32.2 Å². The molecule has 1 aromatic carbocycles. The van der Waals surface area contributed by atoms with Crippen molar-refractivity contribution in [3.8, 4) is 0 Å². The second-order valence-corrected chi connectivity index (χ2v) is 6.49. The summed E-state index contributed by atoms with van der Waals surface area (Å²) in [4.78, 5) is 2.35. The number of hydrogen-bond acceptors (Lipinski definition) is 4. The van der Waals surface area contributed by atoms with Crippen LogP contribution in [0.3, 0.4) is 0 Å². The lowest BCUT2D eigenvalue weighted by Gasteiger charge is -2.35. The molecule has 2 N–H and O–H groups in total. The van der Waals surface area contributed by atoms with Crippen molar-refractivity contribution in [2.45, 2.75) is 19.0 Å². The predicted octanol–water partition coefficient (Wildman–Crippen LogP) is 2.79. The first kappa shape index (κ1) is 13.0. The van der Waals surface area contributed by atoms with Crippen molar-refractivity contribution in [1.29, 1.82) is 0 Å². The zero-order valence-corrected chi connectivity index (χ0v) is 12.2. The van der Waals surface area contributed by atoms with Crippen LogP contribution in [0, 0.1) is 6.92 Å². The molecule has 3 rings (SSSR count). The Labute approximate surface area is 118 Å². The molecule has 2 unspecified atom stereocenters. The number of nitrogens with zero attached hydrogens (tertiary/aromatic N) is 1. The number of thioether (sulfide) groups is 1. The number of aryl methyl sites for hydroxylation is 1. The largest absolute Gasteiger partial charge is 0.459 e. The lowest BCUT2D eigenvalue weighted by Crippen LogP contribution is -2.46. The highest BCUT2D eigenvalue weighted by Crippen LogP contribution is 2.29. The Morgan fingerprint density at radius 2 is 2.26 bits per heavy atom. The summed E-state index contributed by atoms with van der Waals surface area (Å²) in [5.41, 5.74) is 8.59. The smallest absolute Gasteiger partial charge is 0.134 e. The van der Waals surface area contributed by atoms with Crippen molar-refractivity contribution in [1.82, 2.24) is 4.90 Å². The van der Waals surface area contributed by atoms with Crippen LogP contribution in [-0.2, 0) is 0 Å². The van der Waals surface area contributed by atoms with Crippen molar-refractivity contribution in [3.63, 3.8) is 0 Å². The van der Waals surface area contributed by atoms with Gasteiger partial charge in [0.05, 0.1) is 6.04 Å². The Bertz CT molecular complexity index is 581. The average Bonchev–Trinajstić information content (AvgIpc) is 2.81. The van der Waals surface area contributed by atoms with Gasteiger partial charge >= 0.3 is 0 Å². The summed E-state index contributed by atoms with van der Waals surface area (Å²) in [6.07, 6.45) is 0. The van der Waals surface area contributed by atoms with Crippen LogP contribution in [0.1, 0.15) is 17.4 Å². The third-order valence-electron chi connectivity index (χ3n) is 3.88. The minimum Gasteiger partial charge on any atom is -0.459 e. The molecule has 1 fully saturated rings. The second-order valence-electron chi connectivity index (χ2n) is 5.34. The summed E-state index contributed by atoms with van der Waals surface area (Å²) in [5, 5.41) is 1.15. The molecule has 0 radical (unpaired) electrons. The zero-order valence-electron chi connectivity index (χ0n) is 11.4. The molecule has 2 atom stereocenters. The Morgan fingerprint density at radius 1 is 1.42 bits per heavy atom. The van der Waals surface area contributed by atoms with Crippen LogP contribution in [0.15, 0.2) is 28.7 Å². The molecular weight excluding hydrogens is 256 g/mol. The van der Waals surface area contributed by atoms with E-state index in [0.717, 1.165) is 29.0 Å². The summed E-state index contributed by atoms with van der Waals surface area (Å²) in [5.74, 6) is 3.17. The second kappa shape index (κ2) is 5.19. The molecule has 3 nitrogen and oxygen atoms in total. The fourth-order valence-electron chi connectivity index (χ4n) is 2.62. The molecular formula is C15H20N2OS. The number of benzene rings is 1. The van der Waals surface area contributed by atoms with Crippen molar-refractivity contribution >= 4 is 22.7 Å². The van der Waals surface area contributed by atoms with E-state index in [4.69, 9.17) is 10.2 Å². The quantitative estimate of drug-likeness (QED) is 0.916. The van der Waals surface area contributed by atoms with Crippen LogP contribution in [0.25, 0.3) is 11.0 Å². The third-order valence-corrected chi connectivity index (χ3v) is 4.93. The first-order valence-electron chi connectivity index (χ1n) is 6.69. The van der Waals surface area contributed by atoms with Gasteiger partial charge in [0.1, 0.15) is 11.3 Å². The maximum atomic E-state index is 6.41. The van der Waals surface area contributed by atoms with Crippen LogP contribution >= 0.6 is 11.8 Å². The van der Waals surface area contributed by atoms with E-state index in [0.29, 0.717) is 6.04 Å². The van der Waals surface area contributed by atoms with Crippen LogP contribution in [0.2, 0.25) is 0 Å². The minimum absolute atomic E-state index is 0.0505. The number of furan rings is 1. The monoisotopic (exact) mass is 276 g/mol. The van der Waals surface area contributed by atoms with Crippen LogP contribution < -0.4 is 5.73 Å². The molecule has 1 aromatic heterocycles. The molecule has 0 bridgehead atoms. The summed E-state index contributed by atoms with van der Waals surface area (Å²) < 4.78 is 5.93. The van der Waals surface area contributed by atoms with Gasteiger partial charge in [-0.3, -0.25) is 4.90 Å². The molecule has 1 aliphatic rings. The van der Waals surface area contributed by atoms with Crippen molar-refractivity contribution in [2.24, 2.45) is 5.73 Å². The molecule has 102 valence electrons. The van der Waals surface area contributed by atoms with Gasteiger partial charge in [-0.15, -0.1) is 0 Å². The van der Waals surface area contributed by atoms with Crippen LogP contribution in [-0.4, -0.2) is 36.0 Å². The van der Waals surface area contributed by atoms with Crippen molar-refractivity contribution in [3.05, 3.63) is 35.6 Å². The topological polar surface area (TPSA) is 42.4 Å². The third kappa shape index (κ3) is 2.53. The van der Waals surface area contributed by atoms with E-state index in [2.05, 4.69) is 37.1 Å². The minimum atomic E-state index is -0.0505. The maximum absolute atomic E-state index is 6.41. The molecule has 19 heavy (non-hydrogen) atoms. The van der Waals surface area contributed by atoms with Gasteiger partial charge in [0.2, 0.25) is 0 Å². The Hall–Kier alpha value is -0.970. The number of hydrogen-bond donors (Lipinski definition) is 1. The zero-order chi connectivity index (χ0) is 13.4. The fraction of sp³-hybridized carbons (Fsp3) is 0.467. The fourth-order valence-corrected chi connectivity index (χ4v) is 3.91. The normalized spacial score (nSPS) is 22.8. The molecule has 4 heteroatoms. The lowest BCUT2D eigenvalue weighted by atomic mass is 10.1. The lowest BCUT2D eigenvalue weighted by molar-refractivity contribution is 0.224. The number of rotatable bonds is 2. The standard InChI is InChI=1S/C15H20N2OS/c1-10-3-4-13-11(7-10)8-14(18-13)15(16)12-9-19-6-5-17(12)2/h3-4,7-8,12,15H,5-6,9,16H2,1-2H3. The molecule has 2 heterocycles. The Kier molecular flexibility index (Phi) is 3.56. The molecule has 0 aliphatic carbocycles. The van der Waals surface area contributed by atoms with Crippen molar-refractivity contribution in [2.75, 3.05) is 25.1 Å². The highest BCUT2D eigenvalue weighted by atomic mass is 32.2. The molecule has 1 aliphatic heterocycles. The van der Waals surface area contributed by atoms with E-state index < -0.39 is 0 Å². The molecule has 0 amide bonds. The Morgan fingerprint density at radius 3 is 3.05 bits per heavy atom. The first-order chi connectivity index (χ1) is 9.15. The van der Waals surface area contributed by atoms with Crippen molar-refractivity contribution < 1.29 is 4.42 Å². The summed E-state index contributed by atoms with van der Waals surface area (Å²) in [6.45, 7) is 3.19. The summed E-state index contributed by atoms with van der Waals surface area (Å²) in [7, 11) is 2.15. The average molecular weight is 276 g/mol. The Balaban J connectivity index is 1.90. The first-order valence-corrected chi connectivity index (χ1v) is 7.84. The van der Waals surface area contributed by atoms with Crippen LogP contribution in [0.5, 0.6) is 0 Å². The maximum Gasteiger partial charge on any atom is 0.134 e. The highest BCUT2D eigenvalue weighted by Gasteiger charge is 2.28. The number of likely N-dealkylation sites (N-methyl/N-ethyl adjacent to an activating group) is 1. The molecule has 0 saturated carbocycles. The van der Waals surface area contributed by atoms with Gasteiger partial charge < -0.3 is 10.2 Å². The predicted molar refractivity (Wildman–Crippen MR) is 81.6 cm³/mol. The molecule has 2 aromatic rings. The van der Waals surface area contributed by atoms with E-state index in [-0.39, 0.29) is 6.04 Å². The van der Waals surface area contributed by atoms with E-state index in [1.165, 1.54) is 11.3 Å². The van der Waals surface area contributed by atoms with E-state index in [9.17, 15) is 0 Å². The van der Waals surface area contributed by atoms with Gasteiger partial charge in [0.25, 0.3) is 0 Å². The van der Waals surface area contributed by atoms with Gasteiger partial charge in [-0.1, -0.05) is 11.6 Å². The summed E-state index contributed by atoms with van der Waals surface area (Å²) >= 11 is 1.98. The van der Waals surface area contributed by atoms with E-state index in [1.54, 1.807) is 0 Å². The van der Waals surface area contributed by atoms with Gasteiger partial charge in [-0.25, -0.2) is 0 Å². The molecule has 1 saturated heterocycles. The highest BCUT2D eigenvalue weighted by molar-refractivity contribution is 7.99.